The van der Waals surface area contributed by atoms with Crippen LogP contribution in [0, 0.1) is 52.3 Å². The van der Waals surface area contributed by atoms with Gasteiger partial charge in [-0.05, 0) is 85.9 Å². The lowest BCUT2D eigenvalue weighted by Crippen LogP contribution is -2.55. The van der Waals surface area contributed by atoms with Gasteiger partial charge in [-0.3, -0.25) is 4.79 Å². The number of carbonyl (C=O) groups excluding carboxylic acids is 1. The van der Waals surface area contributed by atoms with Crippen LogP contribution in [0.2, 0.25) is 0 Å². The van der Waals surface area contributed by atoms with E-state index >= 15 is 0 Å². The summed E-state index contributed by atoms with van der Waals surface area (Å²) in [7, 11) is 0. The van der Waals surface area contributed by atoms with Crippen LogP contribution < -0.4 is 5.32 Å². The van der Waals surface area contributed by atoms with Crippen LogP contribution >= 0.6 is 0 Å². The molecule has 0 aromatic carbocycles. The summed E-state index contributed by atoms with van der Waals surface area (Å²) in [5, 5.41) is 3.39. The minimum atomic E-state index is 0.0286. The molecule has 1 saturated heterocycles. The lowest BCUT2D eigenvalue weighted by atomic mass is 9.43. The van der Waals surface area contributed by atoms with Gasteiger partial charge in [-0.25, -0.2) is 0 Å². The third-order valence-corrected chi connectivity index (χ3v) is 10.3. The molecule has 5 rings (SSSR count). The van der Waals surface area contributed by atoms with Crippen molar-refractivity contribution in [3.63, 3.8) is 0 Å². The normalized spacial score (nSPS) is 52.9. The molecule has 5 fully saturated rings. The second-order valence-corrected chi connectivity index (χ2v) is 11.5. The van der Waals surface area contributed by atoms with Crippen molar-refractivity contribution in [2.45, 2.75) is 72.1 Å². The van der Waals surface area contributed by atoms with Crippen LogP contribution in [0.5, 0.6) is 0 Å². The van der Waals surface area contributed by atoms with E-state index < -0.39 is 0 Å². The minimum absolute atomic E-state index is 0.0286. The second kappa shape index (κ2) is 6.44. The summed E-state index contributed by atoms with van der Waals surface area (Å²) in [6.45, 7) is 9.89. The summed E-state index contributed by atoms with van der Waals surface area (Å²) < 4.78 is 0. The van der Waals surface area contributed by atoms with Gasteiger partial charge in [-0.15, -0.1) is 0 Å². The van der Waals surface area contributed by atoms with E-state index in [4.69, 9.17) is 0 Å². The zero-order valence-corrected chi connectivity index (χ0v) is 17.7. The number of fused-ring (bicyclic) bond motifs is 5. The Kier molecular flexibility index (Phi) is 4.39. The zero-order chi connectivity index (χ0) is 18.8. The number of Topliss-reactive ketones (excluding diaryl/α,β-unsaturated/α-hetero) is 1. The number of allylic oxidation sites excluding steroid dienone is 1. The summed E-state index contributed by atoms with van der Waals surface area (Å²) in [4.78, 5) is 12.6. The largest absolute Gasteiger partial charge is 0.315 e. The maximum Gasteiger partial charge on any atom is 0.139 e. The molecule has 4 aliphatic carbocycles. The van der Waals surface area contributed by atoms with Gasteiger partial charge in [0.05, 0.1) is 0 Å². The molecule has 8 atom stereocenters. The molecule has 27 heavy (non-hydrogen) atoms. The second-order valence-electron chi connectivity index (χ2n) is 11.5. The topological polar surface area (TPSA) is 29.1 Å². The predicted octanol–water partition coefficient (Wildman–Crippen LogP) is 5.24. The number of hydrogen-bond acceptors (Lipinski definition) is 2. The lowest BCUT2D eigenvalue weighted by molar-refractivity contribution is -0.146. The van der Waals surface area contributed by atoms with Gasteiger partial charge in [0.15, 0.2) is 0 Å². The van der Waals surface area contributed by atoms with E-state index in [0.29, 0.717) is 17.1 Å². The van der Waals surface area contributed by atoms with E-state index in [0.717, 1.165) is 41.9 Å². The molecule has 0 spiro atoms. The standard InChI is InChI=1S/C25H39NO/c1-16-12-19-20-6-7-23(27)25(20,3)11-9-21(19)24(2)10-8-17(13-22(16)24)4-5-18-14-26-15-18/h4-5,16-22,26H,6-15H2,1-3H3/t16-,17+,19-,20-,21-,22?,24+,25-/m0/s1. The average Bonchev–Trinajstić information content (AvgIpc) is 2.90. The molecule has 0 amide bonds. The van der Waals surface area contributed by atoms with Gasteiger partial charge >= 0.3 is 0 Å². The van der Waals surface area contributed by atoms with Crippen LogP contribution in [-0.2, 0) is 4.79 Å². The first kappa shape index (κ1) is 18.4. The Balaban J connectivity index is 1.35. The molecule has 4 saturated carbocycles. The monoisotopic (exact) mass is 369 g/mol. The maximum absolute atomic E-state index is 12.6. The fraction of sp³-hybridized carbons (Fsp3) is 0.880. The van der Waals surface area contributed by atoms with Crippen molar-refractivity contribution >= 4 is 5.78 Å². The summed E-state index contributed by atoms with van der Waals surface area (Å²) >= 11 is 0. The zero-order valence-electron chi connectivity index (χ0n) is 17.7. The van der Waals surface area contributed by atoms with E-state index in [9.17, 15) is 4.79 Å². The molecule has 0 aromatic heterocycles. The fourth-order valence-corrected chi connectivity index (χ4v) is 8.47. The van der Waals surface area contributed by atoms with E-state index in [2.05, 4.69) is 38.2 Å². The van der Waals surface area contributed by atoms with E-state index in [1.807, 2.05) is 0 Å². The molecule has 2 heteroatoms. The van der Waals surface area contributed by atoms with Crippen LogP contribution in [0.3, 0.4) is 0 Å². The van der Waals surface area contributed by atoms with Crippen molar-refractivity contribution in [1.29, 1.82) is 0 Å². The molecule has 1 aliphatic heterocycles. The summed E-state index contributed by atoms with van der Waals surface area (Å²) in [6.07, 6.45) is 15.2. The van der Waals surface area contributed by atoms with Gasteiger partial charge in [0.1, 0.15) is 5.78 Å². The van der Waals surface area contributed by atoms with Gasteiger partial charge in [-0.1, -0.05) is 32.9 Å². The Morgan fingerprint density at radius 1 is 0.926 bits per heavy atom. The minimum Gasteiger partial charge on any atom is -0.315 e. The third kappa shape index (κ3) is 2.72. The molecular weight excluding hydrogens is 330 g/mol. The number of nitrogens with one attached hydrogen (secondary N) is 1. The Bertz CT molecular complexity index is 636. The number of ketones is 1. The third-order valence-electron chi connectivity index (χ3n) is 10.3. The van der Waals surface area contributed by atoms with Gasteiger partial charge in [0.25, 0.3) is 0 Å². The molecule has 150 valence electrons. The molecule has 0 radical (unpaired) electrons. The summed E-state index contributed by atoms with van der Waals surface area (Å²) in [6, 6.07) is 0. The molecule has 0 bridgehead atoms. The number of rotatable bonds is 2. The van der Waals surface area contributed by atoms with Crippen LogP contribution in [0.1, 0.15) is 72.1 Å². The van der Waals surface area contributed by atoms with Crippen LogP contribution in [0.4, 0.5) is 0 Å². The highest BCUT2D eigenvalue weighted by Crippen LogP contribution is 2.67. The van der Waals surface area contributed by atoms with E-state index in [1.54, 1.807) is 0 Å². The Morgan fingerprint density at radius 2 is 1.70 bits per heavy atom. The van der Waals surface area contributed by atoms with Crippen molar-refractivity contribution < 1.29 is 4.79 Å². The molecular formula is C25H39NO. The Morgan fingerprint density at radius 3 is 2.44 bits per heavy atom. The number of hydrogen-bond donors (Lipinski definition) is 1. The maximum atomic E-state index is 12.6. The summed E-state index contributed by atoms with van der Waals surface area (Å²) in [5.74, 6) is 6.30. The predicted molar refractivity (Wildman–Crippen MR) is 110 cm³/mol. The molecule has 1 unspecified atom stereocenters. The van der Waals surface area contributed by atoms with Crippen molar-refractivity contribution in [1.82, 2.24) is 5.32 Å². The van der Waals surface area contributed by atoms with Crippen molar-refractivity contribution in [3.05, 3.63) is 12.2 Å². The van der Waals surface area contributed by atoms with Crippen LogP contribution in [0.25, 0.3) is 0 Å². The van der Waals surface area contributed by atoms with E-state index in [1.165, 1.54) is 58.0 Å². The van der Waals surface area contributed by atoms with Crippen molar-refractivity contribution in [3.8, 4) is 0 Å². The lowest BCUT2D eigenvalue weighted by Gasteiger charge is -2.62. The van der Waals surface area contributed by atoms with Gasteiger partial charge in [0.2, 0.25) is 0 Å². The highest BCUT2D eigenvalue weighted by atomic mass is 16.1. The van der Waals surface area contributed by atoms with Crippen molar-refractivity contribution in [2.24, 2.45) is 52.3 Å². The van der Waals surface area contributed by atoms with Gasteiger partial charge in [0, 0.05) is 30.8 Å². The molecule has 0 aromatic rings. The van der Waals surface area contributed by atoms with E-state index in [-0.39, 0.29) is 5.41 Å². The SMILES string of the molecule is C[C@H]1C[C@@H]2[C@H](CC[C@]3(C)C(=O)CC[C@@H]23)[C@@]2(C)CC[C@@H](C=CC3CNC3)CC12. The molecule has 1 heterocycles. The quantitative estimate of drug-likeness (QED) is 0.675. The first-order valence-corrected chi connectivity index (χ1v) is 11.8. The Labute approximate surface area is 165 Å². The van der Waals surface area contributed by atoms with Gasteiger partial charge < -0.3 is 5.32 Å². The first-order chi connectivity index (χ1) is 12.9. The molecule has 2 nitrogen and oxygen atoms in total. The molecule has 5 aliphatic rings. The fourth-order valence-electron chi connectivity index (χ4n) is 8.47. The average molecular weight is 370 g/mol. The number of carbonyl (C=O) groups is 1. The highest BCUT2D eigenvalue weighted by molar-refractivity contribution is 5.87. The first-order valence-electron chi connectivity index (χ1n) is 11.8. The van der Waals surface area contributed by atoms with Crippen LogP contribution in [0.15, 0.2) is 12.2 Å². The molecule has 1 N–H and O–H groups in total. The Hall–Kier alpha value is -0.630. The van der Waals surface area contributed by atoms with Crippen LogP contribution in [-0.4, -0.2) is 18.9 Å². The smallest absolute Gasteiger partial charge is 0.139 e. The highest BCUT2D eigenvalue weighted by Gasteiger charge is 2.61. The van der Waals surface area contributed by atoms with Gasteiger partial charge in [-0.2, -0.15) is 0 Å². The summed E-state index contributed by atoms with van der Waals surface area (Å²) in [5.41, 5.74) is 0.554. The van der Waals surface area contributed by atoms with Crippen molar-refractivity contribution in [2.75, 3.05) is 13.1 Å².